The summed E-state index contributed by atoms with van der Waals surface area (Å²) in [6, 6.07) is 10.9. The number of rotatable bonds is 4. The molecule has 0 spiro atoms. The van der Waals surface area contributed by atoms with Gasteiger partial charge < -0.3 is 10.6 Å². The van der Waals surface area contributed by atoms with Gasteiger partial charge in [-0.05, 0) is 61.3 Å². The van der Waals surface area contributed by atoms with Crippen LogP contribution in [0.25, 0.3) is 0 Å². The maximum absolute atomic E-state index is 13.2. The molecule has 2 rings (SSSR count). The van der Waals surface area contributed by atoms with Crippen LogP contribution in [-0.4, -0.2) is 5.11 Å². The third-order valence-corrected chi connectivity index (χ3v) is 4.40. The first-order valence-corrected chi connectivity index (χ1v) is 8.66. The van der Waals surface area contributed by atoms with Gasteiger partial charge in [0.2, 0.25) is 0 Å². The lowest BCUT2D eigenvalue weighted by Gasteiger charge is -2.26. The van der Waals surface area contributed by atoms with Crippen LogP contribution in [0.3, 0.4) is 0 Å². The Hall–Kier alpha value is -1.65. The fourth-order valence-electron chi connectivity index (χ4n) is 2.66. The van der Waals surface area contributed by atoms with Crippen molar-refractivity contribution in [1.82, 2.24) is 5.32 Å². The van der Waals surface area contributed by atoms with Crippen molar-refractivity contribution in [1.29, 1.82) is 0 Å². The molecule has 1 atom stereocenters. The predicted octanol–water partition coefficient (Wildman–Crippen LogP) is 5.78. The smallest absolute Gasteiger partial charge is 0.171 e. The third kappa shape index (κ3) is 4.68. The summed E-state index contributed by atoms with van der Waals surface area (Å²) in [7, 11) is 0. The summed E-state index contributed by atoms with van der Waals surface area (Å²) < 4.78 is 13.2. The van der Waals surface area contributed by atoms with Crippen molar-refractivity contribution < 1.29 is 4.39 Å². The van der Waals surface area contributed by atoms with Crippen LogP contribution in [-0.2, 0) is 0 Å². The predicted molar refractivity (Wildman–Crippen MR) is 104 cm³/mol. The topological polar surface area (TPSA) is 24.1 Å². The van der Waals surface area contributed by atoms with Crippen molar-refractivity contribution in [3.05, 3.63) is 63.9 Å². The standard InChI is InChI=1S/C19H22ClFN2S/c1-11(2)18(15-7-5-12(3)9-13(15)4)23-19(24)22-14-6-8-17(21)16(20)10-14/h5-11,18H,1-4H3,(H2,22,23,24)/t18-/m0/s1. The van der Waals surface area contributed by atoms with E-state index in [2.05, 4.69) is 56.5 Å². The molecular formula is C19H22ClFN2S. The molecule has 0 fully saturated rings. The van der Waals surface area contributed by atoms with Crippen molar-refractivity contribution in [2.45, 2.75) is 33.7 Å². The normalized spacial score (nSPS) is 12.1. The number of aryl methyl sites for hydroxylation is 2. The van der Waals surface area contributed by atoms with E-state index < -0.39 is 5.82 Å². The zero-order valence-electron chi connectivity index (χ0n) is 14.3. The van der Waals surface area contributed by atoms with Gasteiger partial charge in [0.05, 0.1) is 11.1 Å². The number of hydrogen-bond donors (Lipinski definition) is 2. The molecule has 0 aliphatic rings. The van der Waals surface area contributed by atoms with Crippen LogP contribution in [0.15, 0.2) is 36.4 Å². The van der Waals surface area contributed by atoms with E-state index in [1.54, 1.807) is 6.07 Å². The van der Waals surface area contributed by atoms with Crippen LogP contribution < -0.4 is 10.6 Å². The fourth-order valence-corrected chi connectivity index (χ4v) is 3.09. The van der Waals surface area contributed by atoms with Gasteiger partial charge in [-0.15, -0.1) is 0 Å². The Morgan fingerprint density at radius 3 is 2.42 bits per heavy atom. The first kappa shape index (κ1) is 18.7. The van der Waals surface area contributed by atoms with E-state index >= 15 is 0 Å². The molecule has 24 heavy (non-hydrogen) atoms. The Morgan fingerprint density at radius 2 is 1.83 bits per heavy atom. The molecule has 5 heteroatoms. The van der Waals surface area contributed by atoms with Gasteiger partial charge in [-0.1, -0.05) is 49.2 Å². The number of nitrogens with one attached hydrogen (secondary N) is 2. The van der Waals surface area contributed by atoms with Crippen molar-refractivity contribution >= 4 is 34.6 Å². The van der Waals surface area contributed by atoms with E-state index in [9.17, 15) is 4.39 Å². The highest BCUT2D eigenvalue weighted by Crippen LogP contribution is 2.26. The van der Waals surface area contributed by atoms with Crippen molar-refractivity contribution in [2.75, 3.05) is 5.32 Å². The molecule has 0 heterocycles. The molecule has 0 amide bonds. The van der Waals surface area contributed by atoms with E-state index in [-0.39, 0.29) is 11.1 Å². The van der Waals surface area contributed by atoms with Crippen LogP contribution in [0.4, 0.5) is 10.1 Å². The van der Waals surface area contributed by atoms with Gasteiger partial charge in [0.25, 0.3) is 0 Å². The first-order chi connectivity index (χ1) is 11.3. The van der Waals surface area contributed by atoms with E-state index in [0.29, 0.717) is 16.7 Å². The SMILES string of the molecule is Cc1ccc([C@@H](NC(=S)Nc2ccc(F)c(Cl)c2)C(C)C)c(C)c1. The Morgan fingerprint density at radius 1 is 1.12 bits per heavy atom. The summed E-state index contributed by atoms with van der Waals surface area (Å²) in [5.41, 5.74) is 4.34. The zero-order valence-corrected chi connectivity index (χ0v) is 15.9. The average molecular weight is 365 g/mol. The van der Waals surface area contributed by atoms with Gasteiger partial charge in [0.15, 0.2) is 5.11 Å². The quantitative estimate of drug-likeness (QED) is 0.672. The van der Waals surface area contributed by atoms with Crippen molar-refractivity contribution in [3.63, 3.8) is 0 Å². The molecule has 0 bridgehead atoms. The summed E-state index contributed by atoms with van der Waals surface area (Å²) in [5, 5.41) is 6.97. The molecule has 0 aliphatic heterocycles. The summed E-state index contributed by atoms with van der Waals surface area (Å²) in [6.07, 6.45) is 0. The molecule has 128 valence electrons. The van der Waals surface area contributed by atoms with Crippen LogP contribution >= 0.6 is 23.8 Å². The molecule has 2 N–H and O–H groups in total. The van der Waals surface area contributed by atoms with Crippen molar-refractivity contribution in [3.8, 4) is 0 Å². The number of thiocarbonyl (C=S) groups is 1. The molecule has 0 aliphatic carbocycles. The third-order valence-electron chi connectivity index (χ3n) is 3.89. The number of anilines is 1. The van der Waals surface area contributed by atoms with Gasteiger partial charge in [-0.2, -0.15) is 0 Å². The summed E-state index contributed by atoms with van der Waals surface area (Å²) in [4.78, 5) is 0. The second kappa shape index (κ2) is 7.95. The maximum atomic E-state index is 13.2. The Kier molecular flexibility index (Phi) is 6.19. The van der Waals surface area contributed by atoms with Crippen LogP contribution in [0.1, 0.15) is 36.6 Å². The molecule has 0 unspecified atom stereocenters. The molecule has 0 aromatic heterocycles. The lowest BCUT2D eigenvalue weighted by atomic mass is 9.92. The van der Waals surface area contributed by atoms with Gasteiger partial charge in [-0.25, -0.2) is 4.39 Å². The summed E-state index contributed by atoms with van der Waals surface area (Å²) in [5.74, 6) is -0.0978. The summed E-state index contributed by atoms with van der Waals surface area (Å²) >= 11 is 11.2. The van der Waals surface area contributed by atoms with Gasteiger partial charge in [0, 0.05) is 5.69 Å². The monoisotopic (exact) mass is 364 g/mol. The van der Waals surface area contributed by atoms with Gasteiger partial charge >= 0.3 is 0 Å². The van der Waals surface area contributed by atoms with E-state index in [1.165, 1.54) is 28.8 Å². The average Bonchev–Trinajstić information content (AvgIpc) is 2.49. The van der Waals surface area contributed by atoms with Crippen LogP contribution in [0.5, 0.6) is 0 Å². The van der Waals surface area contributed by atoms with E-state index in [1.807, 2.05) is 0 Å². The molecule has 0 saturated carbocycles. The lowest BCUT2D eigenvalue weighted by molar-refractivity contribution is 0.471. The lowest BCUT2D eigenvalue weighted by Crippen LogP contribution is -2.35. The highest BCUT2D eigenvalue weighted by atomic mass is 35.5. The second-order valence-electron chi connectivity index (χ2n) is 6.31. The largest absolute Gasteiger partial charge is 0.355 e. The highest BCUT2D eigenvalue weighted by molar-refractivity contribution is 7.80. The molecule has 0 radical (unpaired) electrons. The molecule has 2 aromatic carbocycles. The summed E-state index contributed by atoms with van der Waals surface area (Å²) in [6.45, 7) is 8.48. The molecule has 2 nitrogen and oxygen atoms in total. The minimum absolute atomic E-state index is 0.0672. The second-order valence-corrected chi connectivity index (χ2v) is 7.12. The fraction of sp³-hybridized carbons (Fsp3) is 0.316. The number of benzene rings is 2. The van der Waals surface area contributed by atoms with Crippen LogP contribution in [0, 0.1) is 25.6 Å². The van der Waals surface area contributed by atoms with E-state index in [4.69, 9.17) is 23.8 Å². The van der Waals surface area contributed by atoms with Gasteiger partial charge in [0.1, 0.15) is 5.82 Å². The molecule has 2 aromatic rings. The maximum Gasteiger partial charge on any atom is 0.171 e. The molecular weight excluding hydrogens is 343 g/mol. The first-order valence-electron chi connectivity index (χ1n) is 7.87. The Labute approximate surface area is 153 Å². The zero-order chi connectivity index (χ0) is 17.9. The van der Waals surface area contributed by atoms with Crippen molar-refractivity contribution in [2.24, 2.45) is 5.92 Å². The number of halogens is 2. The van der Waals surface area contributed by atoms with Crippen LogP contribution in [0.2, 0.25) is 5.02 Å². The highest BCUT2D eigenvalue weighted by Gasteiger charge is 2.19. The van der Waals surface area contributed by atoms with Gasteiger partial charge in [-0.3, -0.25) is 0 Å². The minimum atomic E-state index is -0.448. The Balaban J connectivity index is 2.15. The number of hydrogen-bond acceptors (Lipinski definition) is 1. The van der Waals surface area contributed by atoms with E-state index in [0.717, 1.165) is 0 Å². The molecule has 0 saturated heterocycles. The Bertz CT molecular complexity index is 746. The minimum Gasteiger partial charge on any atom is -0.355 e.